The van der Waals surface area contributed by atoms with Crippen molar-refractivity contribution in [3.05, 3.63) is 18.0 Å². The zero-order chi connectivity index (χ0) is 8.43. The largest absolute Gasteiger partial charge is 0.353 e. The highest BCUT2D eigenvalue weighted by atomic mass is 16.1. The first-order chi connectivity index (χ1) is 5.09. The van der Waals surface area contributed by atoms with E-state index in [0.717, 1.165) is 11.4 Å². The van der Waals surface area contributed by atoms with Crippen molar-refractivity contribution in [3.8, 4) is 0 Å². The average Bonchev–Trinajstić information content (AvgIpc) is 2.10. The van der Waals surface area contributed by atoms with Crippen LogP contribution < -0.4 is 5.32 Å². The lowest BCUT2D eigenvalue weighted by Crippen LogP contribution is -2.04. The molecule has 0 unspecified atom stereocenters. The van der Waals surface area contributed by atoms with E-state index >= 15 is 0 Å². The maximum atomic E-state index is 10.6. The predicted molar refractivity (Wildman–Crippen MR) is 44.5 cm³/mol. The van der Waals surface area contributed by atoms with Crippen LogP contribution in [0, 0.1) is 6.92 Å². The van der Waals surface area contributed by atoms with Crippen molar-refractivity contribution in [2.75, 3.05) is 5.32 Å². The molecule has 1 N–H and O–H groups in total. The van der Waals surface area contributed by atoms with Gasteiger partial charge in [-0.1, -0.05) is 0 Å². The smallest absolute Gasteiger partial charge is 0.221 e. The maximum absolute atomic E-state index is 10.6. The Labute approximate surface area is 66.0 Å². The first kappa shape index (κ1) is 7.85. The van der Waals surface area contributed by atoms with Crippen LogP contribution in [0.25, 0.3) is 0 Å². The monoisotopic (exact) mass is 152 g/mol. The van der Waals surface area contributed by atoms with E-state index < -0.39 is 0 Å². The summed E-state index contributed by atoms with van der Waals surface area (Å²) >= 11 is 0. The first-order valence-electron chi connectivity index (χ1n) is 3.50. The highest BCUT2D eigenvalue weighted by Crippen LogP contribution is 2.10. The van der Waals surface area contributed by atoms with Crippen LogP contribution in [0.5, 0.6) is 0 Å². The summed E-state index contributed by atoms with van der Waals surface area (Å²) in [7, 11) is 1.95. The highest BCUT2D eigenvalue weighted by Gasteiger charge is 1.98. The molecule has 0 saturated heterocycles. The van der Waals surface area contributed by atoms with Gasteiger partial charge < -0.3 is 9.88 Å². The number of carbonyl (C=O) groups excluding carboxylic acids is 1. The molecule has 0 aliphatic heterocycles. The Kier molecular flexibility index (Phi) is 1.98. The SMILES string of the molecule is CC(=O)Nc1cc(C)n(C)c1. The van der Waals surface area contributed by atoms with E-state index in [1.807, 2.05) is 30.8 Å². The molecule has 1 aromatic heterocycles. The fourth-order valence-corrected chi connectivity index (χ4v) is 0.946. The van der Waals surface area contributed by atoms with Crippen molar-refractivity contribution in [3.63, 3.8) is 0 Å². The molecule has 0 saturated carbocycles. The van der Waals surface area contributed by atoms with Crippen molar-refractivity contribution >= 4 is 11.6 Å². The quantitative estimate of drug-likeness (QED) is 0.646. The fourth-order valence-electron chi connectivity index (χ4n) is 0.946. The van der Waals surface area contributed by atoms with Gasteiger partial charge in [-0.25, -0.2) is 0 Å². The molecule has 1 aromatic rings. The molecule has 1 heterocycles. The van der Waals surface area contributed by atoms with Gasteiger partial charge in [-0.3, -0.25) is 4.79 Å². The molecule has 0 aromatic carbocycles. The van der Waals surface area contributed by atoms with Gasteiger partial charge >= 0.3 is 0 Å². The van der Waals surface area contributed by atoms with Gasteiger partial charge in [0.15, 0.2) is 0 Å². The second-order valence-corrected chi connectivity index (χ2v) is 2.66. The molecule has 3 nitrogen and oxygen atoms in total. The van der Waals surface area contributed by atoms with Crippen molar-refractivity contribution in [2.45, 2.75) is 13.8 Å². The molecule has 3 heteroatoms. The summed E-state index contributed by atoms with van der Waals surface area (Å²) in [6.07, 6.45) is 1.89. The van der Waals surface area contributed by atoms with Gasteiger partial charge in [0.2, 0.25) is 5.91 Å². The molecule has 1 rings (SSSR count). The van der Waals surface area contributed by atoms with E-state index in [9.17, 15) is 4.79 Å². The molecule has 60 valence electrons. The molecule has 0 aliphatic rings. The Morgan fingerprint density at radius 2 is 2.27 bits per heavy atom. The number of nitrogens with zero attached hydrogens (tertiary/aromatic N) is 1. The molecule has 0 fully saturated rings. The molecular weight excluding hydrogens is 140 g/mol. The van der Waals surface area contributed by atoms with Crippen molar-refractivity contribution < 1.29 is 4.79 Å². The predicted octanol–water partition coefficient (Wildman–Crippen LogP) is 1.29. The number of amides is 1. The van der Waals surface area contributed by atoms with Gasteiger partial charge in [-0.15, -0.1) is 0 Å². The van der Waals surface area contributed by atoms with E-state index in [1.165, 1.54) is 6.92 Å². The molecule has 11 heavy (non-hydrogen) atoms. The molecule has 1 amide bonds. The van der Waals surface area contributed by atoms with Gasteiger partial charge in [-0.2, -0.15) is 0 Å². The lowest BCUT2D eigenvalue weighted by molar-refractivity contribution is -0.114. The summed E-state index contributed by atoms with van der Waals surface area (Å²) in [6.45, 7) is 3.49. The summed E-state index contributed by atoms with van der Waals surface area (Å²) in [6, 6.07) is 1.93. The van der Waals surface area contributed by atoms with Crippen LogP contribution in [0.2, 0.25) is 0 Å². The van der Waals surface area contributed by atoms with Crippen molar-refractivity contribution in [1.82, 2.24) is 4.57 Å². The van der Waals surface area contributed by atoms with Crippen LogP contribution in [-0.4, -0.2) is 10.5 Å². The van der Waals surface area contributed by atoms with Crippen LogP contribution in [0.1, 0.15) is 12.6 Å². The van der Waals surface area contributed by atoms with E-state index in [1.54, 1.807) is 0 Å². The second-order valence-electron chi connectivity index (χ2n) is 2.66. The van der Waals surface area contributed by atoms with Gasteiger partial charge in [-0.05, 0) is 13.0 Å². The normalized spacial score (nSPS) is 9.73. The number of hydrogen-bond acceptors (Lipinski definition) is 1. The van der Waals surface area contributed by atoms with Crippen molar-refractivity contribution in [2.24, 2.45) is 7.05 Å². The Hall–Kier alpha value is -1.25. The van der Waals surface area contributed by atoms with Gasteiger partial charge in [0, 0.05) is 25.9 Å². The third-order valence-electron chi connectivity index (χ3n) is 1.57. The molecule has 0 aliphatic carbocycles. The standard InChI is InChI=1S/C8H12N2O/c1-6-4-8(5-10(6)3)9-7(2)11/h4-5H,1-3H3,(H,9,11). The molecule has 0 spiro atoms. The lowest BCUT2D eigenvalue weighted by atomic mass is 10.4. The molecule has 0 atom stereocenters. The zero-order valence-electron chi connectivity index (χ0n) is 7.01. The maximum Gasteiger partial charge on any atom is 0.221 e. The number of aryl methyl sites for hydroxylation is 2. The van der Waals surface area contributed by atoms with Crippen molar-refractivity contribution in [1.29, 1.82) is 0 Å². The highest BCUT2D eigenvalue weighted by molar-refractivity contribution is 5.88. The van der Waals surface area contributed by atoms with Crippen LogP contribution in [-0.2, 0) is 11.8 Å². The zero-order valence-corrected chi connectivity index (χ0v) is 7.01. The number of rotatable bonds is 1. The van der Waals surface area contributed by atoms with E-state index in [-0.39, 0.29) is 5.91 Å². The lowest BCUT2D eigenvalue weighted by Gasteiger charge is -1.94. The van der Waals surface area contributed by atoms with Crippen LogP contribution in [0.4, 0.5) is 5.69 Å². The Morgan fingerprint density at radius 1 is 1.64 bits per heavy atom. The number of hydrogen-bond donors (Lipinski definition) is 1. The molecule has 0 bridgehead atoms. The van der Waals surface area contributed by atoms with E-state index in [0.29, 0.717) is 0 Å². The molecular formula is C8H12N2O. The Balaban J connectivity index is 2.81. The van der Waals surface area contributed by atoms with E-state index in [2.05, 4.69) is 5.32 Å². The minimum absolute atomic E-state index is 0.0319. The summed E-state index contributed by atoms with van der Waals surface area (Å²) in [4.78, 5) is 10.6. The van der Waals surface area contributed by atoms with Gasteiger partial charge in [0.1, 0.15) is 0 Å². The fraction of sp³-hybridized carbons (Fsp3) is 0.375. The number of aromatic nitrogens is 1. The summed E-state index contributed by atoms with van der Waals surface area (Å²) < 4.78 is 1.96. The van der Waals surface area contributed by atoms with Gasteiger partial charge in [0.25, 0.3) is 0 Å². The third kappa shape index (κ3) is 1.83. The summed E-state index contributed by atoms with van der Waals surface area (Å²) in [5, 5.41) is 2.71. The topological polar surface area (TPSA) is 34.0 Å². The Morgan fingerprint density at radius 3 is 2.64 bits per heavy atom. The minimum Gasteiger partial charge on any atom is -0.353 e. The molecule has 0 radical (unpaired) electrons. The van der Waals surface area contributed by atoms with Crippen LogP contribution in [0.15, 0.2) is 12.3 Å². The second kappa shape index (κ2) is 2.78. The number of nitrogens with one attached hydrogen (secondary N) is 1. The number of carbonyl (C=O) groups is 1. The summed E-state index contributed by atoms with van der Waals surface area (Å²) in [5.41, 5.74) is 1.99. The van der Waals surface area contributed by atoms with E-state index in [4.69, 9.17) is 0 Å². The third-order valence-corrected chi connectivity index (χ3v) is 1.57. The van der Waals surface area contributed by atoms with Gasteiger partial charge in [0.05, 0.1) is 5.69 Å². The summed E-state index contributed by atoms with van der Waals surface area (Å²) in [5.74, 6) is -0.0319. The first-order valence-corrected chi connectivity index (χ1v) is 3.50. The Bertz CT molecular complexity index is 256. The van der Waals surface area contributed by atoms with Crippen LogP contribution in [0.3, 0.4) is 0 Å². The average molecular weight is 152 g/mol. The minimum atomic E-state index is -0.0319. The van der Waals surface area contributed by atoms with Crippen LogP contribution >= 0.6 is 0 Å². The number of anilines is 1.